The zero-order chi connectivity index (χ0) is 7.40. The predicted octanol–water partition coefficient (Wildman–Crippen LogP) is 0.899. The standard InChI is InChI=1S/C8H17NO/c1-2-4-8(10)7-5-3-6-9-7/h7-10H,2-6H2,1H3/t7-,8?/m1/s1. The van der Waals surface area contributed by atoms with E-state index in [1.54, 1.807) is 0 Å². The molecular formula is C8H17NO. The van der Waals surface area contributed by atoms with E-state index in [0.717, 1.165) is 25.8 Å². The second-order valence-corrected chi connectivity index (χ2v) is 3.06. The van der Waals surface area contributed by atoms with Crippen molar-refractivity contribution in [2.24, 2.45) is 0 Å². The molecule has 2 nitrogen and oxygen atoms in total. The molecule has 0 aliphatic carbocycles. The van der Waals surface area contributed by atoms with Gasteiger partial charge in [-0.1, -0.05) is 13.3 Å². The number of hydrogen-bond donors (Lipinski definition) is 2. The normalized spacial score (nSPS) is 28.8. The van der Waals surface area contributed by atoms with Gasteiger partial charge in [-0.25, -0.2) is 0 Å². The molecule has 1 aliphatic heterocycles. The van der Waals surface area contributed by atoms with Crippen LogP contribution in [0.4, 0.5) is 0 Å². The van der Waals surface area contributed by atoms with E-state index in [-0.39, 0.29) is 6.10 Å². The summed E-state index contributed by atoms with van der Waals surface area (Å²) in [5, 5.41) is 12.8. The van der Waals surface area contributed by atoms with Gasteiger partial charge in [0.05, 0.1) is 6.10 Å². The Morgan fingerprint density at radius 1 is 1.70 bits per heavy atom. The van der Waals surface area contributed by atoms with Gasteiger partial charge in [0.25, 0.3) is 0 Å². The van der Waals surface area contributed by atoms with Gasteiger partial charge in [-0.3, -0.25) is 0 Å². The van der Waals surface area contributed by atoms with E-state index in [1.807, 2.05) is 0 Å². The van der Waals surface area contributed by atoms with Crippen LogP contribution >= 0.6 is 0 Å². The van der Waals surface area contributed by atoms with Gasteiger partial charge in [0, 0.05) is 6.04 Å². The topological polar surface area (TPSA) is 32.3 Å². The number of aliphatic hydroxyl groups is 1. The van der Waals surface area contributed by atoms with E-state index in [2.05, 4.69) is 12.2 Å². The first kappa shape index (κ1) is 8.02. The lowest BCUT2D eigenvalue weighted by Gasteiger charge is -2.16. The maximum absolute atomic E-state index is 9.49. The largest absolute Gasteiger partial charge is 0.392 e. The molecule has 1 aliphatic rings. The Balaban J connectivity index is 2.18. The molecule has 1 saturated heterocycles. The summed E-state index contributed by atoms with van der Waals surface area (Å²) in [6.07, 6.45) is 4.30. The van der Waals surface area contributed by atoms with Crippen LogP contribution in [0.25, 0.3) is 0 Å². The van der Waals surface area contributed by atoms with E-state index >= 15 is 0 Å². The molecule has 0 bridgehead atoms. The molecule has 0 saturated carbocycles. The lowest BCUT2D eigenvalue weighted by atomic mass is 10.1. The Morgan fingerprint density at radius 3 is 3.00 bits per heavy atom. The smallest absolute Gasteiger partial charge is 0.0693 e. The molecule has 2 atom stereocenters. The Kier molecular flexibility index (Phi) is 3.16. The summed E-state index contributed by atoms with van der Waals surface area (Å²) in [5.41, 5.74) is 0. The Labute approximate surface area is 62.6 Å². The van der Waals surface area contributed by atoms with Crippen molar-refractivity contribution in [2.75, 3.05) is 6.54 Å². The van der Waals surface area contributed by atoms with Crippen LogP contribution < -0.4 is 5.32 Å². The zero-order valence-electron chi connectivity index (χ0n) is 6.64. The first-order valence-electron chi connectivity index (χ1n) is 4.26. The number of aliphatic hydroxyl groups excluding tert-OH is 1. The average molecular weight is 143 g/mol. The van der Waals surface area contributed by atoms with Gasteiger partial charge in [0.15, 0.2) is 0 Å². The highest BCUT2D eigenvalue weighted by molar-refractivity contribution is 4.80. The summed E-state index contributed by atoms with van der Waals surface area (Å²) in [5.74, 6) is 0. The average Bonchev–Trinajstić information content (AvgIpc) is 2.38. The summed E-state index contributed by atoms with van der Waals surface area (Å²) in [7, 11) is 0. The van der Waals surface area contributed by atoms with Gasteiger partial charge in [0.1, 0.15) is 0 Å². The molecule has 10 heavy (non-hydrogen) atoms. The van der Waals surface area contributed by atoms with Gasteiger partial charge in [-0.05, 0) is 25.8 Å². The van der Waals surface area contributed by atoms with Crippen LogP contribution in [-0.2, 0) is 0 Å². The quantitative estimate of drug-likeness (QED) is 0.615. The van der Waals surface area contributed by atoms with E-state index in [4.69, 9.17) is 0 Å². The van der Waals surface area contributed by atoms with Crippen LogP contribution in [0, 0.1) is 0 Å². The molecule has 0 radical (unpaired) electrons. The van der Waals surface area contributed by atoms with Crippen molar-refractivity contribution in [1.29, 1.82) is 0 Å². The van der Waals surface area contributed by atoms with E-state index < -0.39 is 0 Å². The van der Waals surface area contributed by atoms with Crippen LogP contribution in [0.3, 0.4) is 0 Å². The second-order valence-electron chi connectivity index (χ2n) is 3.06. The van der Waals surface area contributed by atoms with Crippen LogP contribution in [0.2, 0.25) is 0 Å². The summed E-state index contributed by atoms with van der Waals surface area (Å²) < 4.78 is 0. The van der Waals surface area contributed by atoms with Gasteiger partial charge in [-0.15, -0.1) is 0 Å². The molecule has 1 heterocycles. The monoisotopic (exact) mass is 143 g/mol. The lowest BCUT2D eigenvalue weighted by Crippen LogP contribution is -2.34. The molecule has 2 heteroatoms. The third-order valence-electron chi connectivity index (χ3n) is 2.15. The maximum Gasteiger partial charge on any atom is 0.0693 e. The van der Waals surface area contributed by atoms with Crippen LogP contribution in [0.1, 0.15) is 32.6 Å². The fourth-order valence-electron chi connectivity index (χ4n) is 1.54. The van der Waals surface area contributed by atoms with Crippen molar-refractivity contribution in [1.82, 2.24) is 5.32 Å². The molecule has 0 amide bonds. The lowest BCUT2D eigenvalue weighted by molar-refractivity contribution is 0.126. The van der Waals surface area contributed by atoms with Crippen molar-refractivity contribution >= 4 is 0 Å². The van der Waals surface area contributed by atoms with Crippen molar-refractivity contribution in [2.45, 2.75) is 44.8 Å². The molecule has 0 spiro atoms. The van der Waals surface area contributed by atoms with Crippen molar-refractivity contribution in [3.8, 4) is 0 Å². The fraction of sp³-hybridized carbons (Fsp3) is 1.00. The fourth-order valence-corrected chi connectivity index (χ4v) is 1.54. The first-order valence-corrected chi connectivity index (χ1v) is 4.26. The van der Waals surface area contributed by atoms with Crippen LogP contribution in [0.5, 0.6) is 0 Å². The minimum atomic E-state index is -0.104. The highest BCUT2D eigenvalue weighted by atomic mass is 16.3. The zero-order valence-corrected chi connectivity index (χ0v) is 6.64. The molecule has 60 valence electrons. The highest BCUT2D eigenvalue weighted by Crippen LogP contribution is 2.12. The number of rotatable bonds is 3. The Morgan fingerprint density at radius 2 is 2.50 bits per heavy atom. The molecule has 2 N–H and O–H groups in total. The molecule has 0 aromatic rings. The summed E-state index contributed by atoms with van der Waals surface area (Å²) in [4.78, 5) is 0. The molecule has 1 rings (SSSR count). The minimum Gasteiger partial charge on any atom is -0.392 e. The molecular weight excluding hydrogens is 126 g/mol. The predicted molar refractivity (Wildman–Crippen MR) is 41.9 cm³/mol. The van der Waals surface area contributed by atoms with Crippen molar-refractivity contribution < 1.29 is 5.11 Å². The second kappa shape index (κ2) is 3.94. The summed E-state index contributed by atoms with van der Waals surface area (Å²) in [6.45, 7) is 3.20. The molecule has 0 aromatic carbocycles. The van der Waals surface area contributed by atoms with Crippen molar-refractivity contribution in [3.63, 3.8) is 0 Å². The summed E-state index contributed by atoms with van der Waals surface area (Å²) >= 11 is 0. The third kappa shape index (κ3) is 1.96. The van der Waals surface area contributed by atoms with Crippen LogP contribution in [0.15, 0.2) is 0 Å². The third-order valence-corrected chi connectivity index (χ3v) is 2.15. The van der Waals surface area contributed by atoms with Gasteiger partial charge in [-0.2, -0.15) is 0 Å². The van der Waals surface area contributed by atoms with E-state index in [1.165, 1.54) is 6.42 Å². The van der Waals surface area contributed by atoms with Gasteiger partial charge < -0.3 is 10.4 Å². The van der Waals surface area contributed by atoms with Crippen LogP contribution in [-0.4, -0.2) is 23.8 Å². The summed E-state index contributed by atoms with van der Waals surface area (Å²) in [6, 6.07) is 0.389. The Hall–Kier alpha value is -0.0800. The minimum absolute atomic E-state index is 0.104. The SMILES string of the molecule is CCCC(O)[C@H]1CCCN1. The van der Waals surface area contributed by atoms with Gasteiger partial charge >= 0.3 is 0 Å². The molecule has 1 fully saturated rings. The molecule has 0 aromatic heterocycles. The van der Waals surface area contributed by atoms with E-state index in [9.17, 15) is 5.11 Å². The maximum atomic E-state index is 9.49. The van der Waals surface area contributed by atoms with E-state index in [0.29, 0.717) is 6.04 Å². The first-order chi connectivity index (χ1) is 4.84. The number of nitrogens with one attached hydrogen (secondary N) is 1. The van der Waals surface area contributed by atoms with Gasteiger partial charge in [0.2, 0.25) is 0 Å². The van der Waals surface area contributed by atoms with Crippen molar-refractivity contribution in [3.05, 3.63) is 0 Å². The molecule has 1 unspecified atom stereocenters. The number of hydrogen-bond acceptors (Lipinski definition) is 2. The Bertz CT molecular complexity index is 89.3. The highest BCUT2D eigenvalue weighted by Gasteiger charge is 2.20.